The molecule has 1 saturated heterocycles. The summed E-state index contributed by atoms with van der Waals surface area (Å²) in [6.45, 7) is 7.10. The van der Waals surface area contributed by atoms with E-state index in [2.05, 4.69) is 5.32 Å². The van der Waals surface area contributed by atoms with Gasteiger partial charge in [-0.2, -0.15) is 0 Å². The van der Waals surface area contributed by atoms with E-state index in [4.69, 9.17) is 4.74 Å². The Morgan fingerprint density at radius 1 is 1.32 bits per heavy atom. The number of aliphatic hydroxyl groups excluding tert-OH is 1. The number of nitrogens with one attached hydrogen (secondary N) is 1. The van der Waals surface area contributed by atoms with Crippen LogP contribution in [0.2, 0.25) is 0 Å². The van der Waals surface area contributed by atoms with Crippen molar-refractivity contribution in [1.82, 2.24) is 14.5 Å². The molecule has 1 aromatic carbocycles. The predicted molar refractivity (Wildman–Crippen MR) is 104 cm³/mol. The van der Waals surface area contributed by atoms with Gasteiger partial charge in [0.25, 0.3) is 0 Å². The summed E-state index contributed by atoms with van der Waals surface area (Å²) in [5.74, 6) is -0.231. The summed E-state index contributed by atoms with van der Waals surface area (Å²) in [4.78, 5) is 26.0. The zero-order valence-corrected chi connectivity index (χ0v) is 16.6. The van der Waals surface area contributed by atoms with E-state index >= 15 is 0 Å². The molecule has 0 bridgehead atoms. The summed E-state index contributed by atoms with van der Waals surface area (Å²) in [5, 5.41) is 12.4. The first kappa shape index (κ1) is 20.5. The number of carbonyl (C=O) groups is 1. The van der Waals surface area contributed by atoms with Crippen LogP contribution in [0.15, 0.2) is 23.0 Å². The minimum absolute atomic E-state index is 0.233. The van der Waals surface area contributed by atoms with E-state index in [1.165, 1.54) is 22.8 Å². The summed E-state index contributed by atoms with van der Waals surface area (Å²) >= 11 is 0. The number of hydrogen-bond acceptors (Lipinski definition) is 4. The molecule has 1 atom stereocenters. The van der Waals surface area contributed by atoms with Gasteiger partial charge in [-0.15, -0.1) is 0 Å². The first-order valence-corrected chi connectivity index (χ1v) is 9.62. The predicted octanol–water partition coefficient (Wildman–Crippen LogP) is 2.33. The summed E-state index contributed by atoms with van der Waals surface area (Å²) in [6.07, 6.45) is 1.63. The van der Waals surface area contributed by atoms with Crippen LogP contribution >= 0.6 is 0 Å². The van der Waals surface area contributed by atoms with Gasteiger partial charge in [-0.05, 0) is 42.4 Å². The Morgan fingerprint density at radius 3 is 2.61 bits per heavy atom. The number of benzene rings is 1. The molecule has 0 radical (unpaired) electrons. The second kappa shape index (κ2) is 8.05. The van der Waals surface area contributed by atoms with E-state index < -0.39 is 23.6 Å². The van der Waals surface area contributed by atoms with E-state index in [0.29, 0.717) is 30.8 Å². The molecule has 1 fully saturated rings. The molecule has 0 unspecified atom stereocenters. The lowest BCUT2D eigenvalue weighted by Crippen LogP contribution is -2.49. The van der Waals surface area contributed by atoms with Gasteiger partial charge in [0.2, 0.25) is 0 Å². The average molecular weight is 393 g/mol. The lowest BCUT2D eigenvalue weighted by Gasteiger charge is -2.29. The van der Waals surface area contributed by atoms with Crippen LogP contribution in [0.25, 0.3) is 11.0 Å². The SMILES string of the molecule is CC(C)(C)[C@@H](CO)NC(=O)n1c(=O)n(CC2CCOCC2)c2cc(F)ccc21. The highest BCUT2D eigenvalue weighted by Crippen LogP contribution is 2.22. The summed E-state index contributed by atoms with van der Waals surface area (Å²) < 4.78 is 21.7. The standard InChI is InChI=1S/C20H28FN3O4/c1-20(2,3)17(12-25)22-18(26)24-15-5-4-14(21)10-16(15)23(19(24)27)11-13-6-8-28-9-7-13/h4-5,10,13,17,25H,6-9,11-12H2,1-3H3,(H,22,26)/t17-/m1/s1. The average Bonchev–Trinajstić information content (AvgIpc) is 2.91. The smallest absolute Gasteiger partial charge is 0.337 e. The normalized spacial score (nSPS) is 17.0. The molecule has 0 aliphatic carbocycles. The minimum atomic E-state index is -0.624. The fraction of sp³-hybridized carbons (Fsp3) is 0.600. The van der Waals surface area contributed by atoms with Gasteiger partial charge in [-0.25, -0.2) is 18.5 Å². The van der Waals surface area contributed by atoms with Crippen LogP contribution in [0, 0.1) is 17.2 Å². The van der Waals surface area contributed by atoms with Gasteiger partial charge in [0.05, 0.1) is 23.7 Å². The largest absolute Gasteiger partial charge is 0.394 e. The van der Waals surface area contributed by atoms with E-state index in [1.54, 1.807) is 0 Å². The van der Waals surface area contributed by atoms with Gasteiger partial charge in [0.1, 0.15) is 5.82 Å². The van der Waals surface area contributed by atoms with E-state index in [0.717, 1.165) is 17.4 Å². The highest BCUT2D eigenvalue weighted by atomic mass is 19.1. The summed E-state index contributed by atoms with van der Waals surface area (Å²) in [7, 11) is 0. The highest BCUT2D eigenvalue weighted by molar-refractivity contribution is 5.89. The number of nitrogens with zero attached hydrogens (tertiary/aromatic N) is 2. The molecule has 0 saturated carbocycles. The number of aromatic nitrogens is 2. The van der Waals surface area contributed by atoms with Crippen molar-refractivity contribution >= 4 is 17.1 Å². The molecule has 1 aliphatic rings. The first-order chi connectivity index (χ1) is 13.2. The maximum absolute atomic E-state index is 13.9. The van der Waals surface area contributed by atoms with Crippen LogP contribution in [-0.4, -0.2) is 46.1 Å². The number of imidazole rings is 1. The number of rotatable bonds is 4. The Hall–Kier alpha value is -2.19. The highest BCUT2D eigenvalue weighted by Gasteiger charge is 2.28. The maximum Gasteiger partial charge on any atom is 0.337 e. The minimum Gasteiger partial charge on any atom is -0.394 e. The topological polar surface area (TPSA) is 85.5 Å². The number of halogens is 1. The molecule has 7 nitrogen and oxygen atoms in total. The first-order valence-electron chi connectivity index (χ1n) is 9.62. The monoisotopic (exact) mass is 393 g/mol. The third-order valence-corrected chi connectivity index (χ3v) is 5.40. The van der Waals surface area contributed by atoms with Crippen molar-refractivity contribution in [3.8, 4) is 0 Å². The zero-order chi connectivity index (χ0) is 20.5. The van der Waals surface area contributed by atoms with Gasteiger partial charge in [-0.1, -0.05) is 20.8 Å². The molecule has 2 aromatic rings. The lowest BCUT2D eigenvalue weighted by atomic mass is 9.87. The molecule has 1 aliphatic heterocycles. The molecule has 3 rings (SSSR count). The van der Waals surface area contributed by atoms with Gasteiger partial charge in [0, 0.05) is 19.8 Å². The molecule has 28 heavy (non-hydrogen) atoms. The summed E-state index contributed by atoms with van der Waals surface area (Å²) in [6, 6.07) is 2.81. The number of hydrogen-bond donors (Lipinski definition) is 2. The van der Waals surface area contributed by atoms with Crippen molar-refractivity contribution in [3.05, 3.63) is 34.5 Å². The maximum atomic E-state index is 13.9. The molecule has 154 valence electrons. The third kappa shape index (κ3) is 4.12. The number of fused-ring (bicyclic) bond motifs is 1. The Kier molecular flexibility index (Phi) is 5.90. The van der Waals surface area contributed by atoms with E-state index in [-0.39, 0.29) is 17.9 Å². The van der Waals surface area contributed by atoms with Crippen LogP contribution in [-0.2, 0) is 11.3 Å². The summed E-state index contributed by atoms with van der Waals surface area (Å²) in [5.41, 5.74) is -0.152. The van der Waals surface area contributed by atoms with Crippen molar-refractivity contribution in [2.24, 2.45) is 11.3 Å². The Balaban J connectivity index is 2.01. The van der Waals surface area contributed by atoms with Crippen LogP contribution < -0.4 is 11.0 Å². The Morgan fingerprint density at radius 2 is 2.00 bits per heavy atom. The van der Waals surface area contributed by atoms with Gasteiger partial charge in [-0.3, -0.25) is 4.57 Å². The van der Waals surface area contributed by atoms with Crippen LogP contribution in [0.1, 0.15) is 33.6 Å². The fourth-order valence-corrected chi connectivity index (χ4v) is 3.54. The Labute approximate surface area is 163 Å². The number of amides is 1. The van der Waals surface area contributed by atoms with Crippen LogP contribution in [0.5, 0.6) is 0 Å². The van der Waals surface area contributed by atoms with Crippen molar-refractivity contribution in [2.75, 3.05) is 19.8 Å². The van der Waals surface area contributed by atoms with Gasteiger partial charge in [0.15, 0.2) is 0 Å². The molecule has 0 spiro atoms. The molecule has 2 heterocycles. The number of ether oxygens (including phenoxy) is 1. The molecular weight excluding hydrogens is 365 g/mol. The molecule has 1 aromatic heterocycles. The zero-order valence-electron chi connectivity index (χ0n) is 16.6. The molecular formula is C20H28FN3O4. The fourth-order valence-electron chi connectivity index (χ4n) is 3.54. The van der Waals surface area contributed by atoms with E-state index in [9.17, 15) is 19.1 Å². The molecule has 1 amide bonds. The van der Waals surface area contributed by atoms with Gasteiger partial charge >= 0.3 is 11.7 Å². The molecule has 8 heteroatoms. The number of aliphatic hydroxyl groups is 1. The second-order valence-corrected chi connectivity index (χ2v) is 8.47. The van der Waals surface area contributed by atoms with E-state index in [1.807, 2.05) is 20.8 Å². The second-order valence-electron chi connectivity index (χ2n) is 8.47. The van der Waals surface area contributed by atoms with Crippen molar-refractivity contribution in [2.45, 2.75) is 46.2 Å². The van der Waals surface area contributed by atoms with Crippen molar-refractivity contribution in [3.63, 3.8) is 0 Å². The molecule has 2 N–H and O–H groups in total. The third-order valence-electron chi connectivity index (χ3n) is 5.40. The van der Waals surface area contributed by atoms with Crippen LogP contribution in [0.4, 0.5) is 9.18 Å². The Bertz CT molecular complexity index is 907. The quantitative estimate of drug-likeness (QED) is 0.835. The van der Waals surface area contributed by atoms with Gasteiger partial charge < -0.3 is 15.2 Å². The van der Waals surface area contributed by atoms with Crippen molar-refractivity contribution in [1.29, 1.82) is 0 Å². The lowest BCUT2D eigenvalue weighted by molar-refractivity contribution is 0.0613. The van der Waals surface area contributed by atoms with Crippen molar-refractivity contribution < 1.29 is 19.0 Å². The van der Waals surface area contributed by atoms with Crippen LogP contribution in [0.3, 0.4) is 0 Å². The number of carbonyl (C=O) groups excluding carboxylic acids is 1.